The summed E-state index contributed by atoms with van der Waals surface area (Å²) in [5.74, 6) is -2.71. The maximum atomic E-state index is 14.1. The molecular weight excluding hydrogens is 455 g/mol. The van der Waals surface area contributed by atoms with Gasteiger partial charge in [0.15, 0.2) is 17.5 Å². The number of fused-ring (bicyclic) bond motifs is 1. The van der Waals surface area contributed by atoms with Crippen LogP contribution < -0.4 is 18.9 Å². The van der Waals surface area contributed by atoms with Crippen LogP contribution in [0.3, 0.4) is 0 Å². The van der Waals surface area contributed by atoms with Crippen molar-refractivity contribution < 1.29 is 44.6 Å². The minimum absolute atomic E-state index is 0.0226. The van der Waals surface area contributed by atoms with Crippen LogP contribution in [0.25, 0.3) is 5.65 Å². The molecule has 0 atom stereocenters. The Hall–Kier alpha value is -3.36. The predicted octanol–water partition coefficient (Wildman–Crippen LogP) is 2.92. The van der Waals surface area contributed by atoms with Gasteiger partial charge in [-0.2, -0.15) is 22.2 Å². The van der Waals surface area contributed by atoms with E-state index in [4.69, 9.17) is 4.74 Å². The first-order valence-corrected chi connectivity index (χ1v) is 9.69. The van der Waals surface area contributed by atoms with Gasteiger partial charge in [0.2, 0.25) is 5.88 Å². The lowest BCUT2D eigenvalue weighted by atomic mass is 10.4. The molecule has 15 heteroatoms. The maximum absolute atomic E-state index is 14.1. The zero-order chi connectivity index (χ0) is 22.8. The van der Waals surface area contributed by atoms with Crippen LogP contribution in [0.4, 0.5) is 27.6 Å². The van der Waals surface area contributed by atoms with Gasteiger partial charge in [0.05, 0.1) is 13.3 Å². The topological polar surface area (TPSA) is 104 Å². The van der Waals surface area contributed by atoms with E-state index < -0.39 is 58.0 Å². The second-order valence-corrected chi connectivity index (χ2v) is 7.33. The van der Waals surface area contributed by atoms with Crippen LogP contribution in [0.5, 0.6) is 17.5 Å². The van der Waals surface area contributed by atoms with Crippen LogP contribution in [0, 0.1) is 5.82 Å². The number of nitrogens with zero attached hydrogens (tertiary/aromatic N) is 3. The van der Waals surface area contributed by atoms with E-state index in [1.54, 1.807) is 0 Å². The van der Waals surface area contributed by atoms with Crippen molar-refractivity contribution in [1.82, 2.24) is 14.4 Å². The highest BCUT2D eigenvalue weighted by atomic mass is 32.2. The van der Waals surface area contributed by atoms with E-state index in [9.17, 15) is 30.4 Å². The molecule has 0 amide bonds. The summed E-state index contributed by atoms with van der Waals surface area (Å²) in [6, 6.07) is 2.82. The number of methoxy groups -OCH3 is 1. The Bertz CT molecular complexity index is 1190. The molecule has 0 spiro atoms. The molecule has 0 fully saturated rings. The summed E-state index contributed by atoms with van der Waals surface area (Å²) in [6.07, 6.45) is -0.821. The molecule has 0 unspecified atom stereocenters. The molecule has 168 valence electrons. The SMILES string of the molecule is COc1nc(OCC(F)F)c(F)cc1NS(=O)(=O)c1cnc2cc(OC(F)F)ccn12. The van der Waals surface area contributed by atoms with E-state index in [2.05, 4.69) is 19.4 Å². The molecule has 0 saturated heterocycles. The van der Waals surface area contributed by atoms with Gasteiger partial charge in [-0.15, -0.1) is 0 Å². The third-order valence-corrected chi connectivity index (χ3v) is 4.99. The van der Waals surface area contributed by atoms with Crippen LogP contribution in [0.15, 0.2) is 35.6 Å². The lowest BCUT2D eigenvalue weighted by molar-refractivity contribution is -0.0498. The first-order chi connectivity index (χ1) is 14.6. The highest BCUT2D eigenvalue weighted by molar-refractivity contribution is 7.92. The Morgan fingerprint density at radius 2 is 1.94 bits per heavy atom. The molecule has 3 aromatic heterocycles. The van der Waals surface area contributed by atoms with Crippen LogP contribution in [0.1, 0.15) is 0 Å². The van der Waals surface area contributed by atoms with E-state index in [-0.39, 0.29) is 11.4 Å². The lowest BCUT2D eigenvalue weighted by Crippen LogP contribution is -2.17. The molecule has 0 radical (unpaired) electrons. The van der Waals surface area contributed by atoms with Gasteiger partial charge >= 0.3 is 6.61 Å². The smallest absolute Gasteiger partial charge is 0.387 e. The monoisotopic (exact) mass is 468 g/mol. The number of sulfonamides is 1. The van der Waals surface area contributed by atoms with Gasteiger partial charge in [0.25, 0.3) is 22.3 Å². The maximum Gasteiger partial charge on any atom is 0.387 e. The molecule has 3 aromatic rings. The van der Waals surface area contributed by atoms with Crippen molar-refractivity contribution >= 4 is 21.4 Å². The largest absolute Gasteiger partial charge is 0.479 e. The average Bonchev–Trinajstić information content (AvgIpc) is 3.10. The molecule has 0 aliphatic heterocycles. The predicted molar refractivity (Wildman–Crippen MR) is 94.9 cm³/mol. The summed E-state index contributed by atoms with van der Waals surface area (Å²) < 4.78 is 106. The summed E-state index contributed by atoms with van der Waals surface area (Å²) in [4.78, 5) is 7.36. The number of anilines is 1. The summed E-state index contributed by atoms with van der Waals surface area (Å²) in [6.45, 7) is -4.21. The number of hydrogen-bond acceptors (Lipinski definition) is 7. The number of nitrogens with one attached hydrogen (secondary N) is 1. The van der Waals surface area contributed by atoms with Gasteiger partial charge in [-0.05, 0) is 6.07 Å². The lowest BCUT2D eigenvalue weighted by Gasteiger charge is -2.13. The molecule has 0 saturated carbocycles. The van der Waals surface area contributed by atoms with E-state index in [0.29, 0.717) is 6.07 Å². The molecule has 0 aliphatic rings. The number of pyridine rings is 2. The zero-order valence-electron chi connectivity index (χ0n) is 15.4. The van der Waals surface area contributed by atoms with Crippen molar-refractivity contribution in [3.8, 4) is 17.5 Å². The van der Waals surface area contributed by atoms with Crippen molar-refractivity contribution in [1.29, 1.82) is 0 Å². The second kappa shape index (κ2) is 8.79. The summed E-state index contributed by atoms with van der Waals surface area (Å²) in [5.41, 5.74) is -0.470. The fourth-order valence-corrected chi connectivity index (χ4v) is 3.58. The minimum atomic E-state index is -4.41. The second-order valence-electron chi connectivity index (χ2n) is 5.71. The quantitative estimate of drug-likeness (QED) is 0.482. The van der Waals surface area contributed by atoms with E-state index in [1.807, 2.05) is 4.72 Å². The van der Waals surface area contributed by atoms with Crippen LogP contribution >= 0.6 is 0 Å². The van der Waals surface area contributed by atoms with E-state index >= 15 is 0 Å². The number of imidazole rings is 1. The van der Waals surface area contributed by atoms with Crippen LogP contribution in [-0.4, -0.2) is 49.5 Å². The molecule has 3 heterocycles. The van der Waals surface area contributed by atoms with Gasteiger partial charge in [-0.1, -0.05) is 0 Å². The van der Waals surface area contributed by atoms with Crippen molar-refractivity contribution in [2.75, 3.05) is 18.4 Å². The summed E-state index contributed by atoms with van der Waals surface area (Å²) >= 11 is 0. The van der Waals surface area contributed by atoms with Gasteiger partial charge in [-0.25, -0.2) is 18.2 Å². The highest BCUT2D eigenvalue weighted by Gasteiger charge is 2.24. The number of rotatable bonds is 9. The Morgan fingerprint density at radius 1 is 1.19 bits per heavy atom. The van der Waals surface area contributed by atoms with Crippen molar-refractivity contribution in [3.05, 3.63) is 36.4 Å². The molecule has 1 N–H and O–H groups in total. The van der Waals surface area contributed by atoms with Gasteiger partial charge < -0.3 is 14.2 Å². The Morgan fingerprint density at radius 3 is 2.58 bits per heavy atom. The number of aromatic nitrogens is 3. The zero-order valence-corrected chi connectivity index (χ0v) is 16.2. The van der Waals surface area contributed by atoms with Crippen molar-refractivity contribution in [2.24, 2.45) is 0 Å². The van der Waals surface area contributed by atoms with E-state index in [0.717, 1.165) is 36.0 Å². The number of hydrogen-bond donors (Lipinski definition) is 1. The first kappa shape index (κ1) is 22.3. The molecule has 0 bridgehead atoms. The molecule has 3 rings (SSSR count). The first-order valence-electron chi connectivity index (χ1n) is 8.21. The molecule has 9 nitrogen and oxygen atoms in total. The number of halogens is 5. The highest BCUT2D eigenvalue weighted by Crippen LogP contribution is 2.30. The van der Waals surface area contributed by atoms with Crippen LogP contribution in [0.2, 0.25) is 0 Å². The minimum Gasteiger partial charge on any atom is -0.479 e. The molecular formula is C16H13F5N4O5S. The Balaban J connectivity index is 1.92. The van der Waals surface area contributed by atoms with E-state index in [1.165, 1.54) is 0 Å². The van der Waals surface area contributed by atoms with Gasteiger partial charge in [-0.3, -0.25) is 9.12 Å². The Labute approximate surface area is 171 Å². The van der Waals surface area contributed by atoms with Crippen molar-refractivity contribution in [2.45, 2.75) is 18.1 Å². The fourth-order valence-electron chi connectivity index (χ4n) is 2.44. The standard InChI is InChI=1S/C16H13F5N4O5S/c1-28-15-10(5-9(17)14(23-15)29-7-11(18)19)24-31(26,27)13-6-22-12-4-8(30-16(20)21)2-3-25(12)13/h2-6,11,16,24H,7H2,1H3. The van der Waals surface area contributed by atoms with Gasteiger partial charge in [0.1, 0.15) is 17.1 Å². The fraction of sp³-hybridized carbons (Fsp3) is 0.250. The van der Waals surface area contributed by atoms with Crippen LogP contribution in [-0.2, 0) is 10.0 Å². The third kappa shape index (κ3) is 5.04. The third-order valence-electron chi connectivity index (χ3n) is 3.64. The molecule has 31 heavy (non-hydrogen) atoms. The Kier molecular flexibility index (Phi) is 6.33. The number of alkyl halides is 4. The normalized spacial score (nSPS) is 11.9. The summed E-state index contributed by atoms with van der Waals surface area (Å²) in [5, 5.41) is -0.424. The average molecular weight is 468 g/mol. The van der Waals surface area contributed by atoms with Gasteiger partial charge in [0, 0.05) is 18.3 Å². The van der Waals surface area contributed by atoms with Crippen molar-refractivity contribution in [3.63, 3.8) is 0 Å². The molecule has 0 aromatic carbocycles. The summed E-state index contributed by atoms with van der Waals surface area (Å²) in [7, 11) is -3.32. The molecule has 0 aliphatic carbocycles. The number of ether oxygens (including phenoxy) is 3.